The molecule has 19 heavy (non-hydrogen) atoms. The van der Waals surface area contributed by atoms with E-state index in [4.69, 9.17) is 5.11 Å². The zero-order valence-corrected chi connectivity index (χ0v) is 10.6. The summed E-state index contributed by atoms with van der Waals surface area (Å²) in [5, 5.41) is 20.0. The Bertz CT molecular complexity index is 518. The maximum Gasteiger partial charge on any atom is 0.337 e. The van der Waals surface area contributed by atoms with E-state index in [9.17, 15) is 14.9 Å². The fourth-order valence-corrected chi connectivity index (χ4v) is 2.33. The number of carboxylic acids is 1. The van der Waals surface area contributed by atoms with Crippen LogP contribution in [0.3, 0.4) is 0 Å². The SMILES string of the molecule is CC1CCCCN1c1ncc(C(=O)O)cc1[N+](=O)[O-]. The second-order valence-corrected chi connectivity index (χ2v) is 4.67. The highest BCUT2D eigenvalue weighted by Gasteiger charge is 2.28. The lowest BCUT2D eigenvalue weighted by Gasteiger charge is -2.33. The molecule has 1 aliphatic rings. The van der Waals surface area contributed by atoms with E-state index in [-0.39, 0.29) is 23.1 Å². The van der Waals surface area contributed by atoms with Gasteiger partial charge in [0.15, 0.2) is 0 Å². The lowest BCUT2D eigenvalue weighted by atomic mass is 10.0. The van der Waals surface area contributed by atoms with Gasteiger partial charge in [-0.25, -0.2) is 9.78 Å². The Hall–Kier alpha value is -2.18. The molecule has 7 heteroatoms. The molecule has 1 N–H and O–H groups in total. The Morgan fingerprint density at radius 2 is 2.32 bits per heavy atom. The average Bonchev–Trinajstić information content (AvgIpc) is 2.38. The van der Waals surface area contributed by atoms with Gasteiger partial charge in [0, 0.05) is 24.8 Å². The van der Waals surface area contributed by atoms with Crippen molar-refractivity contribution in [3.63, 3.8) is 0 Å². The Kier molecular flexibility index (Phi) is 3.64. The maximum atomic E-state index is 11.1. The molecule has 102 valence electrons. The Morgan fingerprint density at radius 3 is 2.89 bits per heavy atom. The van der Waals surface area contributed by atoms with E-state index in [1.807, 2.05) is 11.8 Å². The first-order valence-corrected chi connectivity index (χ1v) is 6.15. The molecule has 0 spiro atoms. The molecule has 0 amide bonds. The molecule has 1 aromatic rings. The highest BCUT2D eigenvalue weighted by Crippen LogP contribution is 2.31. The highest BCUT2D eigenvalue weighted by molar-refractivity contribution is 5.88. The van der Waals surface area contributed by atoms with Crippen LogP contribution in [0.5, 0.6) is 0 Å². The van der Waals surface area contributed by atoms with Crippen molar-refractivity contribution < 1.29 is 14.8 Å². The summed E-state index contributed by atoms with van der Waals surface area (Å²) in [5.41, 5.74) is -0.409. The van der Waals surface area contributed by atoms with E-state index in [2.05, 4.69) is 4.98 Å². The second-order valence-electron chi connectivity index (χ2n) is 4.67. The van der Waals surface area contributed by atoms with Crippen molar-refractivity contribution in [2.24, 2.45) is 0 Å². The zero-order chi connectivity index (χ0) is 14.0. The molecule has 0 aromatic carbocycles. The van der Waals surface area contributed by atoms with Crippen LogP contribution in [0.4, 0.5) is 11.5 Å². The number of aromatic carboxylic acids is 1. The van der Waals surface area contributed by atoms with Gasteiger partial charge in [-0.2, -0.15) is 0 Å². The molecule has 1 aromatic heterocycles. The van der Waals surface area contributed by atoms with Crippen LogP contribution >= 0.6 is 0 Å². The maximum absolute atomic E-state index is 11.1. The fourth-order valence-electron chi connectivity index (χ4n) is 2.33. The third-order valence-electron chi connectivity index (χ3n) is 3.37. The Balaban J connectivity index is 2.44. The number of pyridine rings is 1. The highest BCUT2D eigenvalue weighted by atomic mass is 16.6. The molecule has 0 bridgehead atoms. The van der Waals surface area contributed by atoms with Crippen molar-refractivity contribution in [3.05, 3.63) is 27.9 Å². The second kappa shape index (κ2) is 5.21. The number of hydrogen-bond acceptors (Lipinski definition) is 5. The molecule has 0 saturated carbocycles. The van der Waals surface area contributed by atoms with Gasteiger partial charge in [-0.15, -0.1) is 0 Å². The lowest BCUT2D eigenvalue weighted by molar-refractivity contribution is -0.384. The van der Waals surface area contributed by atoms with E-state index < -0.39 is 10.9 Å². The molecule has 2 heterocycles. The first-order chi connectivity index (χ1) is 9.00. The summed E-state index contributed by atoms with van der Waals surface area (Å²) < 4.78 is 0. The molecular weight excluding hydrogens is 250 g/mol. The van der Waals surface area contributed by atoms with Gasteiger partial charge >= 0.3 is 11.7 Å². The number of carbonyl (C=O) groups is 1. The van der Waals surface area contributed by atoms with Gasteiger partial charge in [-0.05, 0) is 26.2 Å². The van der Waals surface area contributed by atoms with Gasteiger partial charge in [0.05, 0.1) is 10.5 Å². The van der Waals surface area contributed by atoms with Crippen LogP contribution in [0.25, 0.3) is 0 Å². The topological polar surface area (TPSA) is 96.6 Å². The van der Waals surface area contributed by atoms with Crippen LogP contribution in [-0.4, -0.2) is 33.6 Å². The molecule has 0 aliphatic carbocycles. The number of aromatic nitrogens is 1. The minimum absolute atomic E-state index is 0.167. The van der Waals surface area contributed by atoms with Crippen LogP contribution in [0.2, 0.25) is 0 Å². The Labute approximate surface area is 110 Å². The zero-order valence-electron chi connectivity index (χ0n) is 10.6. The molecule has 1 atom stereocenters. The largest absolute Gasteiger partial charge is 0.478 e. The summed E-state index contributed by atoms with van der Waals surface area (Å²) in [7, 11) is 0. The van der Waals surface area contributed by atoms with Gasteiger partial charge < -0.3 is 10.0 Å². The number of nitrogens with zero attached hydrogens (tertiary/aromatic N) is 3. The van der Waals surface area contributed by atoms with E-state index in [1.165, 1.54) is 6.20 Å². The molecule has 1 aliphatic heterocycles. The average molecular weight is 265 g/mol. The third kappa shape index (κ3) is 2.64. The summed E-state index contributed by atoms with van der Waals surface area (Å²) in [4.78, 5) is 27.3. The smallest absolute Gasteiger partial charge is 0.337 e. The van der Waals surface area contributed by atoms with Crippen molar-refractivity contribution in [1.29, 1.82) is 0 Å². The van der Waals surface area contributed by atoms with E-state index in [0.29, 0.717) is 6.54 Å². The summed E-state index contributed by atoms with van der Waals surface area (Å²) in [5.74, 6) is -0.948. The van der Waals surface area contributed by atoms with Gasteiger partial charge in [0.1, 0.15) is 0 Å². The predicted molar refractivity (Wildman–Crippen MR) is 68.5 cm³/mol. The van der Waals surface area contributed by atoms with E-state index in [0.717, 1.165) is 25.3 Å². The molecule has 1 fully saturated rings. The van der Waals surface area contributed by atoms with Crippen molar-refractivity contribution in [2.75, 3.05) is 11.4 Å². The fraction of sp³-hybridized carbons (Fsp3) is 0.500. The molecule has 7 nitrogen and oxygen atoms in total. The van der Waals surface area contributed by atoms with Crippen LogP contribution < -0.4 is 4.90 Å². The van der Waals surface area contributed by atoms with Crippen molar-refractivity contribution in [1.82, 2.24) is 4.98 Å². The number of nitro groups is 1. The lowest BCUT2D eigenvalue weighted by Crippen LogP contribution is -2.38. The summed E-state index contributed by atoms with van der Waals surface area (Å²) >= 11 is 0. The number of rotatable bonds is 3. The summed E-state index contributed by atoms with van der Waals surface area (Å²) in [6, 6.07) is 1.25. The van der Waals surface area contributed by atoms with E-state index >= 15 is 0 Å². The predicted octanol–water partition coefficient (Wildman–Crippen LogP) is 2.07. The third-order valence-corrected chi connectivity index (χ3v) is 3.37. The van der Waals surface area contributed by atoms with Crippen LogP contribution in [0.1, 0.15) is 36.5 Å². The number of anilines is 1. The minimum Gasteiger partial charge on any atom is -0.478 e. The quantitative estimate of drug-likeness (QED) is 0.663. The van der Waals surface area contributed by atoms with E-state index in [1.54, 1.807) is 0 Å². The van der Waals surface area contributed by atoms with Crippen LogP contribution in [-0.2, 0) is 0 Å². The minimum atomic E-state index is -1.21. The number of piperidine rings is 1. The van der Waals surface area contributed by atoms with Gasteiger partial charge in [0.25, 0.3) is 0 Å². The first kappa shape index (κ1) is 13.3. The summed E-state index contributed by atoms with van der Waals surface area (Å²) in [6.07, 6.45) is 4.19. The molecular formula is C12H15N3O4. The molecule has 1 unspecified atom stereocenters. The van der Waals surface area contributed by atoms with Gasteiger partial charge in [-0.3, -0.25) is 10.1 Å². The monoisotopic (exact) mass is 265 g/mol. The van der Waals surface area contributed by atoms with Crippen molar-refractivity contribution in [2.45, 2.75) is 32.2 Å². The van der Waals surface area contributed by atoms with Gasteiger partial charge in [-0.1, -0.05) is 0 Å². The van der Waals surface area contributed by atoms with Crippen molar-refractivity contribution >= 4 is 17.5 Å². The molecule has 1 saturated heterocycles. The summed E-state index contributed by atoms with van der Waals surface area (Å²) in [6.45, 7) is 2.71. The number of hydrogen-bond donors (Lipinski definition) is 1. The van der Waals surface area contributed by atoms with Gasteiger partial charge in [0.2, 0.25) is 5.82 Å². The van der Waals surface area contributed by atoms with Crippen molar-refractivity contribution in [3.8, 4) is 0 Å². The molecule has 0 radical (unpaired) electrons. The molecule has 2 rings (SSSR count). The number of carboxylic acid groups (broad SMARTS) is 1. The Morgan fingerprint density at radius 1 is 1.58 bits per heavy atom. The van der Waals surface area contributed by atoms with Crippen LogP contribution in [0.15, 0.2) is 12.3 Å². The standard InChI is InChI=1S/C12H15N3O4/c1-8-4-2-3-5-14(8)11-10(15(18)19)6-9(7-13-11)12(16)17/h6-8H,2-5H2,1H3,(H,16,17). The first-order valence-electron chi connectivity index (χ1n) is 6.15. The van der Waals surface area contributed by atoms with Crippen LogP contribution in [0, 0.1) is 10.1 Å². The normalized spacial score (nSPS) is 19.2.